The van der Waals surface area contributed by atoms with E-state index in [1.807, 2.05) is 0 Å². The molecule has 100 valence electrons. The Morgan fingerprint density at radius 1 is 1.56 bits per heavy atom. The monoisotopic (exact) mass is 268 g/mol. The van der Waals surface area contributed by atoms with Crippen molar-refractivity contribution in [3.8, 4) is 0 Å². The Bertz CT molecular complexity index is 456. The first-order valence-corrected chi connectivity index (χ1v) is 4.49. The van der Waals surface area contributed by atoms with Crippen LogP contribution in [0.25, 0.3) is 0 Å². The number of carbonyl (C=O) groups is 1. The third-order valence-electron chi connectivity index (χ3n) is 1.83. The van der Waals surface area contributed by atoms with Gasteiger partial charge in [0.2, 0.25) is 0 Å². The highest BCUT2D eigenvalue weighted by atomic mass is 19.4. The van der Waals surface area contributed by atoms with E-state index in [-0.39, 0.29) is 0 Å². The van der Waals surface area contributed by atoms with Gasteiger partial charge in [-0.2, -0.15) is 13.2 Å². The lowest BCUT2D eigenvalue weighted by molar-refractivity contribution is -0.402. The highest BCUT2D eigenvalue weighted by molar-refractivity contribution is 5.91. The Hall–Kier alpha value is -2.10. The molecule has 0 aliphatic heterocycles. The molecule has 1 rings (SSSR count). The van der Waals surface area contributed by atoms with Crippen LogP contribution in [0.3, 0.4) is 0 Å². The Kier molecular flexibility index (Phi) is 3.91. The summed E-state index contributed by atoms with van der Waals surface area (Å²) in [5, 5.41) is 20.6. The third kappa shape index (κ3) is 3.45. The average molecular weight is 268 g/mol. The average Bonchev–Trinajstić information content (AvgIpc) is 2.73. The van der Waals surface area contributed by atoms with E-state index in [1.165, 1.54) is 0 Å². The largest absolute Gasteiger partial charge is 0.433 e. The summed E-state index contributed by atoms with van der Waals surface area (Å²) in [6.07, 6.45) is -7.57. The highest BCUT2D eigenvalue weighted by Crippen LogP contribution is 2.19. The van der Waals surface area contributed by atoms with Crippen LogP contribution in [-0.4, -0.2) is 34.8 Å². The zero-order valence-corrected chi connectivity index (χ0v) is 8.60. The summed E-state index contributed by atoms with van der Waals surface area (Å²) >= 11 is 0. The number of amides is 1. The van der Waals surface area contributed by atoms with E-state index in [0.717, 1.165) is 12.1 Å². The minimum atomic E-state index is -4.86. The lowest BCUT2D eigenvalue weighted by atomic mass is 10.3. The first kappa shape index (κ1) is 14.0. The molecule has 0 radical (unpaired) electrons. The topological polar surface area (TPSA) is 106 Å². The fourth-order valence-corrected chi connectivity index (χ4v) is 0.940. The van der Waals surface area contributed by atoms with E-state index < -0.39 is 41.3 Å². The standard InChI is InChI=1S/C8H7F3N2O5/c9-8(10,11)5(14)3-12-7(15)4-1-2-6(18-4)13(16)17/h1-2,5,14H,3H2,(H,12,15). The fraction of sp³-hybridized carbons (Fsp3) is 0.375. The van der Waals surface area contributed by atoms with Gasteiger partial charge in [-0.3, -0.25) is 14.9 Å². The van der Waals surface area contributed by atoms with Gasteiger partial charge in [0, 0.05) is 0 Å². The Morgan fingerprint density at radius 2 is 2.17 bits per heavy atom. The van der Waals surface area contributed by atoms with Crippen LogP contribution in [0.5, 0.6) is 0 Å². The number of halogens is 3. The van der Waals surface area contributed by atoms with Gasteiger partial charge >= 0.3 is 12.1 Å². The number of nitro groups is 1. The second-order valence-electron chi connectivity index (χ2n) is 3.16. The molecule has 1 atom stereocenters. The first-order valence-electron chi connectivity index (χ1n) is 4.49. The van der Waals surface area contributed by atoms with Gasteiger partial charge in [-0.1, -0.05) is 0 Å². The number of alkyl halides is 3. The minimum absolute atomic E-state index is 0.518. The highest BCUT2D eigenvalue weighted by Gasteiger charge is 2.38. The molecule has 2 N–H and O–H groups in total. The van der Waals surface area contributed by atoms with Crippen LogP contribution in [0.15, 0.2) is 16.5 Å². The van der Waals surface area contributed by atoms with Gasteiger partial charge in [0.05, 0.1) is 12.6 Å². The van der Waals surface area contributed by atoms with Crippen molar-refractivity contribution in [2.45, 2.75) is 12.3 Å². The van der Waals surface area contributed by atoms with Gasteiger partial charge in [-0.15, -0.1) is 0 Å². The molecule has 0 saturated carbocycles. The molecule has 0 fully saturated rings. The Labute approximate surface area is 97.3 Å². The van der Waals surface area contributed by atoms with E-state index in [4.69, 9.17) is 5.11 Å². The van der Waals surface area contributed by atoms with E-state index in [0.29, 0.717) is 0 Å². The van der Waals surface area contributed by atoms with E-state index in [1.54, 1.807) is 5.32 Å². The van der Waals surface area contributed by atoms with Crippen LogP contribution < -0.4 is 5.32 Å². The normalized spacial score (nSPS) is 13.1. The van der Waals surface area contributed by atoms with Crippen LogP contribution in [0.1, 0.15) is 10.6 Å². The van der Waals surface area contributed by atoms with Crippen molar-refractivity contribution >= 4 is 11.8 Å². The van der Waals surface area contributed by atoms with Crippen LogP contribution in [0.2, 0.25) is 0 Å². The molecule has 7 nitrogen and oxygen atoms in total. The van der Waals surface area contributed by atoms with Crippen molar-refractivity contribution in [3.63, 3.8) is 0 Å². The molecule has 0 saturated heterocycles. The lowest BCUT2D eigenvalue weighted by Crippen LogP contribution is -2.40. The number of rotatable bonds is 4. The molecule has 0 bridgehead atoms. The van der Waals surface area contributed by atoms with E-state index >= 15 is 0 Å². The van der Waals surface area contributed by atoms with Crippen LogP contribution in [0.4, 0.5) is 19.1 Å². The van der Waals surface area contributed by atoms with Crippen molar-refractivity contribution in [2.24, 2.45) is 0 Å². The second kappa shape index (κ2) is 5.04. The fourth-order valence-electron chi connectivity index (χ4n) is 0.940. The predicted molar refractivity (Wildman–Crippen MR) is 49.8 cm³/mol. The van der Waals surface area contributed by atoms with Gasteiger partial charge < -0.3 is 14.8 Å². The molecular weight excluding hydrogens is 261 g/mol. The number of nitrogens with zero attached hydrogens (tertiary/aromatic N) is 1. The molecule has 0 aromatic carbocycles. The quantitative estimate of drug-likeness (QED) is 0.621. The van der Waals surface area contributed by atoms with Gasteiger partial charge in [0.25, 0.3) is 5.91 Å². The van der Waals surface area contributed by atoms with Crippen LogP contribution in [-0.2, 0) is 0 Å². The number of furan rings is 1. The number of nitrogens with one attached hydrogen (secondary N) is 1. The van der Waals surface area contributed by atoms with Crippen molar-refractivity contribution in [2.75, 3.05) is 6.54 Å². The molecule has 1 unspecified atom stereocenters. The number of aliphatic hydroxyl groups excluding tert-OH is 1. The Balaban J connectivity index is 2.58. The molecule has 1 amide bonds. The summed E-state index contributed by atoms with van der Waals surface area (Å²) in [5.74, 6) is -2.32. The smallest absolute Gasteiger partial charge is 0.395 e. The number of aliphatic hydroxyl groups is 1. The zero-order chi connectivity index (χ0) is 13.9. The second-order valence-corrected chi connectivity index (χ2v) is 3.16. The maximum atomic E-state index is 11.9. The molecule has 0 aliphatic rings. The molecule has 1 heterocycles. The zero-order valence-electron chi connectivity index (χ0n) is 8.60. The number of hydrogen-bond donors (Lipinski definition) is 2. The SMILES string of the molecule is O=C(NCC(O)C(F)(F)F)c1ccc([N+](=O)[O-])o1. The first-order chi connectivity index (χ1) is 8.21. The van der Waals surface area contributed by atoms with E-state index in [9.17, 15) is 28.1 Å². The van der Waals surface area contributed by atoms with Crippen LogP contribution in [0, 0.1) is 10.1 Å². The number of carbonyl (C=O) groups excluding carboxylic acids is 1. The lowest BCUT2D eigenvalue weighted by Gasteiger charge is -2.14. The van der Waals surface area contributed by atoms with Crippen molar-refractivity contribution in [1.82, 2.24) is 5.32 Å². The summed E-state index contributed by atoms with van der Waals surface area (Å²) in [4.78, 5) is 20.5. The van der Waals surface area contributed by atoms with Crippen molar-refractivity contribution in [3.05, 3.63) is 28.0 Å². The van der Waals surface area contributed by atoms with Gasteiger partial charge in [0.1, 0.15) is 4.92 Å². The number of hydrogen-bond acceptors (Lipinski definition) is 5. The third-order valence-corrected chi connectivity index (χ3v) is 1.83. The summed E-state index contributed by atoms with van der Waals surface area (Å²) in [6.45, 7) is -1.07. The molecular formula is C8H7F3N2O5. The summed E-state index contributed by atoms with van der Waals surface area (Å²) < 4.78 is 40.1. The molecule has 1 aromatic heterocycles. The minimum Gasteiger partial charge on any atom is -0.395 e. The maximum absolute atomic E-state index is 11.9. The molecule has 10 heteroatoms. The van der Waals surface area contributed by atoms with E-state index in [2.05, 4.69) is 4.42 Å². The Morgan fingerprint density at radius 3 is 2.61 bits per heavy atom. The van der Waals surface area contributed by atoms with Crippen molar-refractivity contribution < 1.29 is 32.4 Å². The molecule has 18 heavy (non-hydrogen) atoms. The summed E-state index contributed by atoms with van der Waals surface area (Å²) in [7, 11) is 0. The summed E-state index contributed by atoms with van der Waals surface area (Å²) in [6, 6.07) is 1.82. The molecule has 0 spiro atoms. The maximum Gasteiger partial charge on any atom is 0.433 e. The van der Waals surface area contributed by atoms with Gasteiger partial charge in [-0.05, 0) is 6.07 Å². The molecule has 0 aliphatic carbocycles. The van der Waals surface area contributed by atoms with Gasteiger partial charge in [0.15, 0.2) is 11.9 Å². The van der Waals surface area contributed by atoms with Crippen LogP contribution >= 0.6 is 0 Å². The predicted octanol–water partition coefficient (Wildman–Crippen LogP) is 0.841. The molecule has 1 aromatic rings. The van der Waals surface area contributed by atoms with Crippen molar-refractivity contribution in [1.29, 1.82) is 0 Å². The summed E-state index contributed by atoms with van der Waals surface area (Å²) in [5.41, 5.74) is 0. The van der Waals surface area contributed by atoms with Gasteiger partial charge in [-0.25, -0.2) is 0 Å².